The van der Waals surface area contributed by atoms with E-state index in [0.29, 0.717) is 13.2 Å². The third-order valence-electron chi connectivity index (χ3n) is 1.51. The van der Waals surface area contributed by atoms with Gasteiger partial charge in [-0.25, -0.2) is 0 Å². The van der Waals surface area contributed by atoms with Crippen molar-refractivity contribution < 1.29 is 4.74 Å². The molecule has 4 heteroatoms. The molecule has 0 fully saturated rings. The van der Waals surface area contributed by atoms with Gasteiger partial charge in [0, 0.05) is 11.1 Å². The van der Waals surface area contributed by atoms with E-state index in [2.05, 4.69) is 0 Å². The molecule has 2 heterocycles. The van der Waals surface area contributed by atoms with E-state index in [4.69, 9.17) is 27.9 Å². The first-order valence-corrected chi connectivity index (χ1v) is 4.39. The highest BCUT2D eigenvalue weighted by atomic mass is 35.5. The van der Waals surface area contributed by atoms with Crippen LogP contribution in [-0.2, 0) is 18.0 Å². The quantitative estimate of drug-likeness (QED) is 0.618. The first-order valence-electron chi connectivity index (χ1n) is 2.82. The number of thiophene rings is 1. The molecule has 0 saturated carbocycles. The van der Waals surface area contributed by atoms with Crippen molar-refractivity contribution in [1.82, 2.24) is 0 Å². The molecule has 1 aromatic heterocycles. The monoisotopic (exact) mass is 194 g/mol. The summed E-state index contributed by atoms with van der Waals surface area (Å²) >= 11 is 13.1. The fraction of sp³-hybridized carbons (Fsp3) is 0.333. The molecule has 0 aliphatic carbocycles. The lowest BCUT2D eigenvalue weighted by Gasteiger charge is -1.86. The Kier molecular flexibility index (Phi) is 1.65. The fourth-order valence-corrected chi connectivity index (χ4v) is 2.67. The van der Waals surface area contributed by atoms with Gasteiger partial charge in [-0.2, -0.15) is 0 Å². The van der Waals surface area contributed by atoms with Gasteiger partial charge in [0.1, 0.15) is 8.67 Å². The third kappa shape index (κ3) is 0.873. The largest absolute Gasteiger partial charge is 0.372 e. The van der Waals surface area contributed by atoms with Crippen LogP contribution in [0.5, 0.6) is 0 Å². The molecule has 1 aliphatic rings. The van der Waals surface area contributed by atoms with Crippen LogP contribution >= 0.6 is 34.5 Å². The van der Waals surface area contributed by atoms with Crippen LogP contribution in [0.25, 0.3) is 0 Å². The molecule has 54 valence electrons. The number of hydrogen-bond acceptors (Lipinski definition) is 2. The number of fused-ring (bicyclic) bond motifs is 1. The van der Waals surface area contributed by atoms with Gasteiger partial charge in [0.05, 0.1) is 13.2 Å². The zero-order valence-electron chi connectivity index (χ0n) is 4.99. The summed E-state index contributed by atoms with van der Waals surface area (Å²) in [4.78, 5) is 0. The summed E-state index contributed by atoms with van der Waals surface area (Å²) < 4.78 is 6.71. The van der Waals surface area contributed by atoms with Gasteiger partial charge in [0.25, 0.3) is 0 Å². The molecule has 0 spiro atoms. The number of halogens is 2. The van der Waals surface area contributed by atoms with E-state index >= 15 is 0 Å². The maximum atomic E-state index is 5.84. The molecule has 0 bridgehead atoms. The van der Waals surface area contributed by atoms with Gasteiger partial charge in [-0.3, -0.25) is 0 Å². The second kappa shape index (κ2) is 2.38. The van der Waals surface area contributed by atoms with Crippen molar-refractivity contribution in [1.29, 1.82) is 0 Å². The molecular formula is C6H4Cl2OS. The van der Waals surface area contributed by atoms with Crippen LogP contribution in [0.3, 0.4) is 0 Å². The van der Waals surface area contributed by atoms with E-state index < -0.39 is 0 Å². The molecule has 2 rings (SSSR count). The molecule has 0 amide bonds. The lowest BCUT2D eigenvalue weighted by atomic mass is 10.2. The van der Waals surface area contributed by atoms with Crippen molar-refractivity contribution in [2.45, 2.75) is 13.2 Å². The van der Waals surface area contributed by atoms with E-state index in [1.165, 1.54) is 11.3 Å². The Morgan fingerprint density at radius 2 is 1.60 bits per heavy atom. The van der Waals surface area contributed by atoms with Crippen LogP contribution in [0.4, 0.5) is 0 Å². The van der Waals surface area contributed by atoms with E-state index in [1.54, 1.807) is 0 Å². The first-order chi connectivity index (χ1) is 4.79. The van der Waals surface area contributed by atoms with Crippen LogP contribution in [-0.4, -0.2) is 0 Å². The van der Waals surface area contributed by atoms with Gasteiger partial charge < -0.3 is 4.74 Å². The fourth-order valence-electron chi connectivity index (χ4n) is 0.982. The van der Waals surface area contributed by atoms with E-state index in [9.17, 15) is 0 Å². The van der Waals surface area contributed by atoms with E-state index in [0.717, 1.165) is 19.8 Å². The SMILES string of the molecule is Clc1sc(Cl)c2c1COC2. The summed E-state index contributed by atoms with van der Waals surface area (Å²) in [6, 6.07) is 0. The molecule has 1 nitrogen and oxygen atoms in total. The molecule has 0 N–H and O–H groups in total. The average molecular weight is 195 g/mol. The maximum absolute atomic E-state index is 5.84. The highest BCUT2D eigenvalue weighted by molar-refractivity contribution is 7.20. The minimum Gasteiger partial charge on any atom is -0.372 e. The number of rotatable bonds is 0. The van der Waals surface area contributed by atoms with Crippen LogP contribution in [0.15, 0.2) is 0 Å². The Labute approximate surface area is 72.5 Å². The maximum Gasteiger partial charge on any atom is 0.100 e. The minimum absolute atomic E-state index is 0.622. The Bertz CT molecular complexity index is 244. The standard InChI is InChI=1S/C6H4Cl2OS/c7-5-3-1-9-2-4(3)6(8)10-5/h1-2H2. The lowest BCUT2D eigenvalue weighted by molar-refractivity contribution is 0.134. The smallest absolute Gasteiger partial charge is 0.100 e. The summed E-state index contributed by atoms with van der Waals surface area (Å²) in [5, 5.41) is 0. The second-order valence-corrected chi connectivity index (χ2v) is 4.32. The Balaban J connectivity index is 2.61. The molecule has 1 aliphatic heterocycles. The van der Waals surface area contributed by atoms with Crippen molar-refractivity contribution in [2.75, 3.05) is 0 Å². The van der Waals surface area contributed by atoms with E-state index in [-0.39, 0.29) is 0 Å². The predicted octanol–water partition coefficient (Wildman–Crippen LogP) is 3.09. The molecule has 0 radical (unpaired) electrons. The number of ether oxygens (including phenoxy) is 1. The normalized spacial score (nSPS) is 15.8. The predicted molar refractivity (Wildman–Crippen MR) is 42.8 cm³/mol. The Hall–Kier alpha value is 0.240. The molecule has 0 unspecified atom stereocenters. The van der Waals surface area contributed by atoms with Crippen molar-refractivity contribution in [3.05, 3.63) is 19.8 Å². The topological polar surface area (TPSA) is 9.23 Å². The second-order valence-electron chi connectivity index (χ2n) is 2.10. The van der Waals surface area contributed by atoms with Gasteiger partial charge in [0.15, 0.2) is 0 Å². The summed E-state index contributed by atoms with van der Waals surface area (Å²) in [6.07, 6.45) is 0. The van der Waals surface area contributed by atoms with Gasteiger partial charge in [-0.15, -0.1) is 11.3 Å². The summed E-state index contributed by atoms with van der Waals surface area (Å²) in [5.41, 5.74) is 2.16. The van der Waals surface area contributed by atoms with Gasteiger partial charge >= 0.3 is 0 Å². The van der Waals surface area contributed by atoms with Crippen LogP contribution in [0, 0.1) is 0 Å². The van der Waals surface area contributed by atoms with Crippen molar-refractivity contribution in [3.63, 3.8) is 0 Å². The molecule has 1 aromatic rings. The third-order valence-corrected chi connectivity index (χ3v) is 3.28. The first kappa shape index (κ1) is 6.92. The van der Waals surface area contributed by atoms with Crippen molar-refractivity contribution >= 4 is 34.5 Å². The van der Waals surface area contributed by atoms with Gasteiger partial charge in [-0.05, 0) is 0 Å². The molecule has 0 saturated heterocycles. The van der Waals surface area contributed by atoms with Gasteiger partial charge in [-0.1, -0.05) is 23.2 Å². The minimum atomic E-state index is 0.622. The van der Waals surface area contributed by atoms with Crippen molar-refractivity contribution in [2.24, 2.45) is 0 Å². The Morgan fingerprint density at radius 1 is 1.10 bits per heavy atom. The van der Waals surface area contributed by atoms with Crippen LogP contribution < -0.4 is 0 Å². The highest BCUT2D eigenvalue weighted by Gasteiger charge is 2.20. The zero-order valence-corrected chi connectivity index (χ0v) is 7.31. The number of hydrogen-bond donors (Lipinski definition) is 0. The molecular weight excluding hydrogens is 191 g/mol. The molecule has 0 aromatic carbocycles. The summed E-state index contributed by atoms with van der Waals surface area (Å²) in [5.74, 6) is 0. The Morgan fingerprint density at radius 3 is 2.10 bits per heavy atom. The van der Waals surface area contributed by atoms with Crippen LogP contribution in [0.2, 0.25) is 8.67 Å². The van der Waals surface area contributed by atoms with Gasteiger partial charge in [0.2, 0.25) is 0 Å². The molecule has 10 heavy (non-hydrogen) atoms. The van der Waals surface area contributed by atoms with Crippen molar-refractivity contribution in [3.8, 4) is 0 Å². The lowest BCUT2D eigenvalue weighted by Crippen LogP contribution is -1.74. The average Bonchev–Trinajstić information content (AvgIpc) is 2.39. The molecule has 0 atom stereocenters. The zero-order chi connectivity index (χ0) is 7.14. The van der Waals surface area contributed by atoms with E-state index in [1.807, 2.05) is 0 Å². The summed E-state index contributed by atoms with van der Waals surface area (Å²) in [6.45, 7) is 1.24. The highest BCUT2D eigenvalue weighted by Crippen LogP contribution is 2.40. The summed E-state index contributed by atoms with van der Waals surface area (Å²) in [7, 11) is 0. The van der Waals surface area contributed by atoms with Crippen LogP contribution in [0.1, 0.15) is 11.1 Å².